The molecular formula is C18H19FN2O3S. The van der Waals surface area contributed by atoms with Crippen molar-refractivity contribution >= 4 is 23.5 Å². The molecule has 3 rings (SSSR count). The summed E-state index contributed by atoms with van der Waals surface area (Å²) in [6.45, 7) is 0.565. The molecule has 1 fully saturated rings. The molecule has 1 aliphatic heterocycles. The fourth-order valence-electron chi connectivity index (χ4n) is 2.79. The zero-order chi connectivity index (χ0) is 17.8. The van der Waals surface area contributed by atoms with E-state index in [0.29, 0.717) is 18.0 Å². The Kier molecular flexibility index (Phi) is 5.33. The molecule has 2 amide bonds. The molecule has 0 spiro atoms. The molecule has 1 aliphatic rings. The van der Waals surface area contributed by atoms with Gasteiger partial charge in [0.2, 0.25) is 0 Å². The predicted octanol–water partition coefficient (Wildman–Crippen LogP) is 4.12. The van der Waals surface area contributed by atoms with Crippen LogP contribution in [-0.4, -0.2) is 37.4 Å². The number of para-hydroxylation sites is 2. The van der Waals surface area contributed by atoms with Gasteiger partial charge in [0.15, 0.2) is 11.5 Å². The van der Waals surface area contributed by atoms with Crippen molar-refractivity contribution in [2.75, 3.05) is 31.8 Å². The number of amides is 2. The number of hydrogen-bond acceptors (Lipinski definition) is 4. The molecule has 0 aromatic heterocycles. The third kappa shape index (κ3) is 3.51. The predicted molar refractivity (Wildman–Crippen MR) is 96.9 cm³/mol. The minimum absolute atomic E-state index is 0.167. The van der Waals surface area contributed by atoms with Crippen molar-refractivity contribution in [1.82, 2.24) is 4.90 Å². The Bertz CT molecular complexity index is 772. The second-order valence-corrected chi connectivity index (χ2v) is 6.60. The van der Waals surface area contributed by atoms with Gasteiger partial charge in [-0.1, -0.05) is 24.3 Å². The van der Waals surface area contributed by atoms with Gasteiger partial charge in [0.25, 0.3) is 0 Å². The second kappa shape index (κ2) is 7.65. The van der Waals surface area contributed by atoms with Crippen LogP contribution in [0.5, 0.6) is 11.5 Å². The monoisotopic (exact) mass is 362 g/mol. The lowest BCUT2D eigenvalue weighted by Gasteiger charge is -2.26. The van der Waals surface area contributed by atoms with Crippen molar-refractivity contribution in [3.63, 3.8) is 0 Å². The van der Waals surface area contributed by atoms with Crippen LogP contribution in [0.2, 0.25) is 0 Å². The van der Waals surface area contributed by atoms with E-state index in [9.17, 15) is 9.18 Å². The van der Waals surface area contributed by atoms with Crippen LogP contribution in [0.4, 0.5) is 14.9 Å². The maximum absolute atomic E-state index is 13.8. The number of nitrogens with zero attached hydrogens (tertiary/aromatic N) is 1. The number of benzene rings is 2. The van der Waals surface area contributed by atoms with Crippen molar-refractivity contribution in [2.24, 2.45) is 0 Å². The van der Waals surface area contributed by atoms with Crippen molar-refractivity contribution in [3.05, 3.63) is 53.8 Å². The van der Waals surface area contributed by atoms with Crippen LogP contribution < -0.4 is 14.8 Å². The Morgan fingerprint density at radius 2 is 2.00 bits per heavy atom. The Morgan fingerprint density at radius 1 is 1.20 bits per heavy atom. The average Bonchev–Trinajstić information content (AvgIpc) is 3.12. The van der Waals surface area contributed by atoms with E-state index in [4.69, 9.17) is 9.47 Å². The van der Waals surface area contributed by atoms with Gasteiger partial charge in [-0.2, -0.15) is 0 Å². The first-order valence-electron chi connectivity index (χ1n) is 7.80. The molecule has 0 bridgehead atoms. The highest BCUT2D eigenvalue weighted by molar-refractivity contribution is 7.99. The van der Waals surface area contributed by atoms with E-state index in [0.717, 1.165) is 11.3 Å². The molecule has 2 aromatic carbocycles. The van der Waals surface area contributed by atoms with Crippen molar-refractivity contribution < 1.29 is 18.7 Å². The van der Waals surface area contributed by atoms with Crippen LogP contribution in [-0.2, 0) is 0 Å². The molecule has 2 aromatic rings. The number of carbonyl (C=O) groups excluding carboxylic acids is 1. The lowest BCUT2D eigenvalue weighted by atomic mass is 10.1. The quantitative estimate of drug-likeness (QED) is 0.889. The summed E-state index contributed by atoms with van der Waals surface area (Å²) in [6, 6.07) is 11.4. The fraction of sp³-hybridized carbons (Fsp3) is 0.278. The summed E-state index contributed by atoms with van der Waals surface area (Å²) in [6.07, 6.45) is 0. The Hall–Kier alpha value is -2.41. The zero-order valence-corrected chi connectivity index (χ0v) is 14.8. The summed E-state index contributed by atoms with van der Waals surface area (Å²) in [5, 5.41) is 2.42. The number of thioether (sulfide) groups is 1. The number of nitrogens with one attached hydrogen (secondary N) is 1. The lowest BCUT2D eigenvalue weighted by Crippen LogP contribution is -2.34. The molecule has 0 saturated carbocycles. The minimum Gasteiger partial charge on any atom is -0.493 e. The van der Waals surface area contributed by atoms with Gasteiger partial charge in [-0.25, -0.2) is 9.18 Å². The molecule has 1 atom stereocenters. The molecule has 7 heteroatoms. The van der Waals surface area contributed by atoms with Gasteiger partial charge in [0, 0.05) is 17.9 Å². The summed E-state index contributed by atoms with van der Waals surface area (Å²) in [5.74, 6) is 1.55. The van der Waals surface area contributed by atoms with Gasteiger partial charge in [-0.15, -0.1) is 11.8 Å². The van der Waals surface area contributed by atoms with Crippen molar-refractivity contribution in [2.45, 2.75) is 5.37 Å². The summed E-state index contributed by atoms with van der Waals surface area (Å²) in [5.41, 5.74) is 1.02. The molecule has 0 unspecified atom stereocenters. The first-order chi connectivity index (χ1) is 12.2. The maximum atomic E-state index is 13.8. The lowest BCUT2D eigenvalue weighted by molar-refractivity contribution is 0.213. The SMILES string of the molecule is COc1cccc([C@H]2SCCN2C(=O)Nc2ccccc2F)c1OC. The highest BCUT2D eigenvalue weighted by Gasteiger charge is 2.33. The number of anilines is 1. The van der Waals surface area contributed by atoms with E-state index in [1.807, 2.05) is 18.2 Å². The normalized spacial score (nSPS) is 16.6. The van der Waals surface area contributed by atoms with E-state index >= 15 is 0 Å². The topological polar surface area (TPSA) is 50.8 Å². The van der Waals surface area contributed by atoms with Gasteiger partial charge in [-0.3, -0.25) is 0 Å². The summed E-state index contributed by atoms with van der Waals surface area (Å²) >= 11 is 1.63. The summed E-state index contributed by atoms with van der Waals surface area (Å²) in [4.78, 5) is 14.3. The molecule has 0 radical (unpaired) electrons. The number of hydrogen-bond donors (Lipinski definition) is 1. The molecule has 1 N–H and O–H groups in total. The van der Waals surface area contributed by atoms with Crippen molar-refractivity contribution in [1.29, 1.82) is 0 Å². The molecule has 0 aliphatic carbocycles. The maximum Gasteiger partial charge on any atom is 0.323 e. The smallest absolute Gasteiger partial charge is 0.323 e. The fourth-order valence-corrected chi connectivity index (χ4v) is 4.06. The molecule has 25 heavy (non-hydrogen) atoms. The Labute approximate surface area is 150 Å². The highest BCUT2D eigenvalue weighted by Crippen LogP contribution is 2.45. The van der Waals surface area contributed by atoms with Crippen LogP contribution >= 0.6 is 11.8 Å². The van der Waals surface area contributed by atoms with Crippen LogP contribution in [0.15, 0.2) is 42.5 Å². The Balaban J connectivity index is 1.86. The van der Waals surface area contributed by atoms with E-state index in [1.165, 1.54) is 12.1 Å². The molecule has 5 nitrogen and oxygen atoms in total. The van der Waals surface area contributed by atoms with Gasteiger partial charge in [-0.05, 0) is 18.2 Å². The first kappa shape index (κ1) is 17.4. The first-order valence-corrected chi connectivity index (χ1v) is 8.85. The van der Waals surface area contributed by atoms with E-state index in [1.54, 1.807) is 43.0 Å². The second-order valence-electron chi connectivity index (χ2n) is 5.41. The molecule has 132 valence electrons. The standard InChI is InChI=1S/C18H19FN2O3S/c1-23-15-9-5-6-12(16(15)24-2)17-21(10-11-25-17)18(22)20-14-8-4-3-7-13(14)19/h3-9,17H,10-11H2,1-2H3,(H,20,22)/t17-/m1/s1. The number of ether oxygens (including phenoxy) is 2. The third-order valence-electron chi connectivity index (χ3n) is 3.97. The Morgan fingerprint density at radius 3 is 2.72 bits per heavy atom. The van der Waals surface area contributed by atoms with Crippen LogP contribution in [0.3, 0.4) is 0 Å². The number of halogens is 1. The molecular weight excluding hydrogens is 343 g/mol. The highest BCUT2D eigenvalue weighted by atomic mass is 32.2. The molecule has 1 saturated heterocycles. The van der Waals surface area contributed by atoms with Crippen LogP contribution in [0.25, 0.3) is 0 Å². The van der Waals surface area contributed by atoms with Gasteiger partial charge < -0.3 is 19.7 Å². The summed E-state index contributed by atoms with van der Waals surface area (Å²) in [7, 11) is 3.15. The third-order valence-corrected chi connectivity index (χ3v) is 5.21. The molecule has 1 heterocycles. The van der Waals surface area contributed by atoms with Crippen LogP contribution in [0, 0.1) is 5.82 Å². The van der Waals surface area contributed by atoms with Crippen LogP contribution in [0.1, 0.15) is 10.9 Å². The van der Waals surface area contributed by atoms with Gasteiger partial charge >= 0.3 is 6.03 Å². The number of carbonyl (C=O) groups is 1. The van der Waals surface area contributed by atoms with E-state index in [-0.39, 0.29) is 17.1 Å². The van der Waals surface area contributed by atoms with E-state index in [2.05, 4.69) is 5.32 Å². The van der Waals surface area contributed by atoms with Gasteiger partial charge in [0.1, 0.15) is 11.2 Å². The number of urea groups is 1. The zero-order valence-electron chi connectivity index (χ0n) is 14.0. The van der Waals surface area contributed by atoms with Crippen molar-refractivity contribution in [3.8, 4) is 11.5 Å². The number of rotatable bonds is 4. The minimum atomic E-state index is -0.460. The summed E-state index contributed by atoms with van der Waals surface area (Å²) < 4.78 is 24.6. The average molecular weight is 362 g/mol. The largest absolute Gasteiger partial charge is 0.493 e. The van der Waals surface area contributed by atoms with Gasteiger partial charge in [0.05, 0.1) is 19.9 Å². The number of methoxy groups -OCH3 is 2. The van der Waals surface area contributed by atoms with E-state index < -0.39 is 5.82 Å².